The van der Waals surface area contributed by atoms with E-state index in [9.17, 15) is 4.79 Å². The van der Waals surface area contributed by atoms with Crippen LogP contribution in [0.3, 0.4) is 0 Å². The van der Waals surface area contributed by atoms with Gasteiger partial charge in [-0.3, -0.25) is 4.79 Å². The molecule has 0 radical (unpaired) electrons. The number of nitrogens with zero attached hydrogens (tertiary/aromatic N) is 1. The van der Waals surface area contributed by atoms with Crippen LogP contribution in [0.25, 0.3) is 22.0 Å². The summed E-state index contributed by atoms with van der Waals surface area (Å²) in [6, 6.07) is 22.5. The zero-order chi connectivity index (χ0) is 18.8. The average molecular weight is 372 g/mol. The summed E-state index contributed by atoms with van der Waals surface area (Å²) < 4.78 is 0. The summed E-state index contributed by atoms with van der Waals surface area (Å²) in [5.74, 6) is -0.0458. The fourth-order valence-electron chi connectivity index (χ4n) is 3.21. The number of fused-ring (bicyclic) bond motifs is 1. The molecule has 1 amide bonds. The Kier molecular flexibility index (Phi) is 4.73. The van der Waals surface area contributed by atoms with Crippen molar-refractivity contribution in [2.45, 2.75) is 20.3 Å². The summed E-state index contributed by atoms with van der Waals surface area (Å²) in [5, 5.41) is 5.88. The van der Waals surface area contributed by atoms with Gasteiger partial charge in [-0.05, 0) is 30.2 Å². The molecule has 4 heteroatoms. The highest BCUT2D eigenvalue weighted by Gasteiger charge is 2.13. The SMILES string of the molecule is Cc1ccc(-c2nc(NC(=O)Cc3cccc4ccccc34)sc2C)cc1. The lowest BCUT2D eigenvalue weighted by Crippen LogP contribution is -2.14. The third-order valence-corrected chi connectivity index (χ3v) is 5.49. The zero-order valence-electron chi connectivity index (χ0n) is 15.3. The highest BCUT2D eigenvalue weighted by Crippen LogP contribution is 2.30. The number of aryl methyl sites for hydroxylation is 2. The minimum atomic E-state index is -0.0458. The molecular formula is C23H20N2OS. The molecule has 0 saturated carbocycles. The standard InChI is InChI=1S/C23H20N2OS/c1-15-10-12-18(13-11-15)22-16(2)27-23(25-22)24-21(26)14-19-8-5-7-17-6-3-4-9-20(17)19/h3-13H,14H2,1-2H3,(H,24,25,26). The van der Waals surface area contributed by atoms with E-state index in [0.717, 1.165) is 32.5 Å². The summed E-state index contributed by atoms with van der Waals surface area (Å²) in [6.45, 7) is 4.10. The Balaban J connectivity index is 1.53. The van der Waals surface area contributed by atoms with Crippen LogP contribution in [0.1, 0.15) is 16.0 Å². The molecule has 0 aliphatic rings. The number of hydrogen-bond donors (Lipinski definition) is 1. The van der Waals surface area contributed by atoms with Crippen molar-refractivity contribution in [3.05, 3.63) is 82.7 Å². The highest BCUT2D eigenvalue weighted by molar-refractivity contribution is 7.16. The van der Waals surface area contributed by atoms with E-state index in [1.807, 2.05) is 31.2 Å². The predicted octanol–water partition coefficient (Wildman–Crippen LogP) is 5.76. The Morgan fingerprint density at radius 3 is 2.52 bits per heavy atom. The topological polar surface area (TPSA) is 42.0 Å². The lowest BCUT2D eigenvalue weighted by atomic mass is 10.0. The molecule has 4 rings (SSSR count). The summed E-state index contributed by atoms with van der Waals surface area (Å²) in [5.41, 5.74) is 4.25. The molecule has 0 aliphatic carbocycles. The first-order chi connectivity index (χ1) is 13.1. The number of amides is 1. The van der Waals surface area contributed by atoms with Gasteiger partial charge in [-0.25, -0.2) is 4.98 Å². The van der Waals surface area contributed by atoms with E-state index in [-0.39, 0.29) is 5.91 Å². The van der Waals surface area contributed by atoms with Crippen molar-refractivity contribution >= 4 is 33.1 Å². The normalized spacial score (nSPS) is 10.9. The summed E-state index contributed by atoms with van der Waals surface area (Å²) >= 11 is 1.51. The molecule has 0 spiro atoms. The van der Waals surface area contributed by atoms with Crippen molar-refractivity contribution in [1.29, 1.82) is 0 Å². The van der Waals surface area contributed by atoms with Crippen molar-refractivity contribution in [1.82, 2.24) is 4.98 Å². The van der Waals surface area contributed by atoms with Crippen LogP contribution in [0.2, 0.25) is 0 Å². The third-order valence-electron chi connectivity index (χ3n) is 4.60. The van der Waals surface area contributed by atoms with Gasteiger partial charge in [0.2, 0.25) is 5.91 Å². The fraction of sp³-hybridized carbons (Fsp3) is 0.130. The van der Waals surface area contributed by atoms with Crippen LogP contribution < -0.4 is 5.32 Å². The molecule has 3 nitrogen and oxygen atoms in total. The number of thiazole rings is 1. The van der Waals surface area contributed by atoms with Gasteiger partial charge >= 0.3 is 0 Å². The second-order valence-corrected chi connectivity index (χ2v) is 7.86. The van der Waals surface area contributed by atoms with E-state index >= 15 is 0 Å². The van der Waals surface area contributed by atoms with Gasteiger partial charge < -0.3 is 5.32 Å². The van der Waals surface area contributed by atoms with Crippen molar-refractivity contribution in [2.75, 3.05) is 5.32 Å². The van der Waals surface area contributed by atoms with Gasteiger partial charge in [0, 0.05) is 10.4 Å². The Hall–Kier alpha value is -2.98. The van der Waals surface area contributed by atoms with Gasteiger partial charge in [0.15, 0.2) is 5.13 Å². The number of benzene rings is 3. The van der Waals surface area contributed by atoms with E-state index in [2.05, 4.69) is 59.7 Å². The summed E-state index contributed by atoms with van der Waals surface area (Å²) in [6.07, 6.45) is 0.333. The van der Waals surface area contributed by atoms with E-state index in [1.165, 1.54) is 16.9 Å². The number of anilines is 1. The van der Waals surface area contributed by atoms with Crippen LogP contribution in [-0.2, 0) is 11.2 Å². The van der Waals surface area contributed by atoms with Crippen LogP contribution in [0.15, 0.2) is 66.7 Å². The first kappa shape index (κ1) is 17.4. The van der Waals surface area contributed by atoms with Crippen LogP contribution in [0.4, 0.5) is 5.13 Å². The molecule has 0 unspecified atom stereocenters. The minimum Gasteiger partial charge on any atom is -0.302 e. The lowest BCUT2D eigenvalue weighted by molar-refractivity contribution is -0.115. The first-order valence-corrected chi connectivity index (χ1v) is 9.73. The number of rotatable bonds is 4. The second kappa shape index (κ2) is 7.33. The zero-order valence-corrected chi connectivity index (χ0v) is 16.1. The Morgan fingerprint density at radius 1 is 0.963 bits per heavy atom. The Bertz CT molecular complexity index is 1110. The van der Waals surface area contributed by atoms with E-state index in [4.69, 9.17) is 0 Å². The Labute approximate surface area is 162 Å². The summed E-state index contributed by atoms with van der Waals surface area (Å²) in [7, 11) is 0. The Morgan fingerprint density at radius 2 is 1.70 bits per heavy atom. The second-order valence-electron chi connectivity index (χ2n) is 6.65. The van der Waals surface area contributed by atoms with Gasteiger partial charge in [0.05, 0.1) is 12.1 Å². The monoisotopic (exact) mass is 372 g/mol. The molecule has 1 heterocycles. The number of nitrogens with one attached hydrogen (secondary N) is 1. The van der Waals surface area contributed by atoms with Gasteiger partial charge in [0.1, 0.15) is 0 Å². The fourth-order valence-corrected chi connectivity index (χ4v) is 4.06. The van der Waals surface area contributed by atoms with Crippen LogP contribution >= 0.6 is 11.3 Å². The quantitative estimate of drug-likeness (QED) is 0.495. The van der Waals surface area contributed by atoms with Gasteiger partial charge in [-0.15, -0.1) is 11.3 Å². The van der Waals surface area contributed by atoms with E-state index in [0.29, 0.717) is 11.6 Å². The molecule has 1 aromatic heterocycles. The molecule has 0 atom stereocenters. The van der Waals surface area contributed by atoms with E-state index < -0.39 is 0 Å². The van der Waals surface area contributed by atoms with Crippen molar-refractivity contribution in [2.24, 2.45) is 0 Å². The minimum absolute atomic E-state index is 0.0458. The molecule has 0 bridgehead atoms. The van der Waals surface area contributed by atoms with Gasteiger partial charge in [-0.2, -0.15) is 0 Å². The average Bonchev–Trinajstić information content (AvgIpc) is 3.02. The number of carbonyl (C=O) groups is 1. The molecule has 134 valence electrons. The smallest absolute Gasteiger partial charge is 0.230 e. The van der Waals surface area contributed by atoms with Gasteiger partial charge in [-0.1, -0.05) is 72.3 Å². The maximum absolute atomic E-state index is 12.6. The van der Waals surface area contributed by atoms with Crippen molar-refractivity contribution < 1.29 is 4.79 Å². The number of hydrogen-bond acceptors (Lipinski definition) is 3. The molecular weight excluding hydrogens is 352 g/mol. The van der Waals surface area contributed by atoms with Crippen molar-refractivity contribution in [3.8, 4) is 11.3 Å². The molecule has 1 N–H and O–H groups in total. The molecule has 0 fully saturated rings. The van der Waals surface area contributed by atoms with Crippen LogP contribution in [0, 0.1) is 13.8 Å². The third kappa shape index (κ3) is 3.76. The highest BCUT2D eigenvalue weighted by atomic mass is 32.1. The van der Waals surface area contributed by atoms with Gasteiger partial charge in [0.25, 0.3) is 0 Å². The van der Waals surface area contributed by atoms with Crippen molar-refractivity contribution in [3.63, 3.8) is 0 Å². The number of aromatic nitrogens is 1. The molecule has 0 saturated heterocycles. The largest absolute Gasteiger partial charge is 0.302 e. The maximum Gasteiger partial charge on any atom is 0.230 e. The summed E-state index contributed by atoms with van der Waals surface area (Å²) in [4.78, 5) is 18.3. The maximum atomic E-state index is 12.6. The molecule has 3 aromatic carbocycles. The number of carbonyl (C=O) groups excluding carboxylic acids is 1. The van der Waals surface area contributed by atoms with Crippen LogP contribution in [0.5, 0.6) is 0 Å². The molecule has 0 aliphatic heterocycles. The predicted molar refractivity (Wildman–Crippen MR) is 113 cm³/mol. The van der Waals surface area contributed by atoms with Crippen LogP contribution in [-0.4, -0.2) is 10.9 Å². The first-order valence-electron chi connectivity index (χ1n) is 8.91. The van der Waals surface area contributed by atoms with E-state index in [1.54, 1.807) is 0 Å². The molecule has 4 aromatic rings. The lowest BCUT2D eigenvalue weighted by Gasteiger charge is -2.06. The molecule has 27 heavy (non-hydrogen) atoms.